The Balaban J connectivity index is 1.98. The van der Waals surface area contributed by atoms with Crippen LogP contribution < -0.4 is 0 Å². The van der Waals surface area contributed by atoms with E-state index < -0.39 is 8.07 Å². The first-order valence-electron chi connectivity index (χ1n) is 6.25. The summed E-state index contributed by atoms with van der Waals surface area (Å²) in [6.45, 7) is 8.12. The zero-order chi connectivity index (χ0) is 14.0. The van der Waals surface area contributed by atoms with Gasteiger partial charge in [0.05, 0.1) is 9.99 Å². The molecule has 0 amide bonds. The van der Waals surface area contributed by atoms with Crippen LogP contribution in [0.25, 0.3) is 10.9 Å². The minimum atomic E-state index is -1.05. The zero-order valence-electron chi connectivity index (χ0n) is 11.4. The molecule has 0 atom stereocenters. The van der Waals surface area contributed by atoms with Gasteiger partial charge in [-0.25, -0.2) is 9.07 Å². The fraction of sp³-hybridized carbons (Fsp3) is 0.462. The molecule has 0 saturated carbocycles. The number of ether oxygens (including phenoxy) is 1. The average molecular weight is 345 g/mol. The lowest BCUT2D eigenvalue weighted by atomic mass is 10.2. The average Bonchev–Trinajstić information content (AvgIpc) is 2.66. The van der Waals surface area contributed by atoms with Crippen molar-refractivity contribution in [1.29, 1.82) is 0 Å². The molecule has 19 heavy (non-hydrogen) atoms. The van der Waals surface area contributed by atoms with Crippen molar-refractivity contribution in [2.24, 2.45) is 0 Å². The summed E-state index contributed by atoms with van der Waals surface area (Å²) in [6, 6.07) is 4.29. The summed E-state index contributed by atoms with van der Waals surface area (Å²) < 4.78 is 21.1. The molecule has 2 rings (SSSR count). The van der Waals surface area contributed by atoms with Gasteiger partial charge in [-0.05, 0) is 34.1 Å². The number of rotatable bonds is 5. The summed E-state index contributed by atoms with van der Waals surface area (Å²) in [4.78, 5) is 0. The van der Waals surface area contributed by atoms with Crippen molar-refractivity contribution < 1.29 is 9.13 Å². The highest BCUT2D eigenvalue weighted by Gasteiger charge is 2.12. The molecule has 1 aromatic carbocycles. The number of fused-ring (bicyclic) bond motifs is 1. The van der Waals surface area contributed by atoms with Crippen molar-refractivity contribution in [1.82, 2.24) is 9.78 Å². The third kappa shape index (κ3) is 4.12. The number of aromatic nitrogens is 2. The highest BCUT2D eigenvalue weighted by molar-refractivity contribution is 9.10. The van der Waals surface area contributed by atoms with Crippen molar-refractivity contribution in [2.45, 2.75) is 32.4 Å². The van der Waals surface area contributed by atoms with E-state index in [2.05, 4.69) is 40.7 Å². The first-order chi connectivity index (χ1) is 8.85. The predicted molar refractivity (Wildman–Crippen MR) is 81.5 cm³/mol. The molecule has 1 heterocycles. The third-order valence-corrected chi connectivity index (χ3v) is 5.13. The molecule has 0 fully saturated rings. The van der Waals surface area contributed by atoms with Crippen molar-refractivity contribution >= 4 is 34.9 Å². The van der Waals surface area contributed by atoms with Crippen LogP contribution in [0.1, 0.15) is 0 Å². The van der Waals surface area contributed by atoms with Gasteiger partial charge < -0.3 is 4.74 Å². The first kappa shape index (κ1) is 14.7. The second-order valence-electron chi connectivity index (χ2n) is 5.84. The van der Waals surface area contributed by atoms with E-state index in [-0.39, 0.29) is 5.82 Å². The van der Waals surface area contributed by atoms with Crippen LogP contribution in [0.5, 0.6) is 0 Å². The van der Waals surface area contributed by atoms with Gasteiger partial charge in [-0.2, -0.15) is 5.10 Å². The van der Waals surface area contributed by atoms with E-state index >= 15 is 0 Å². The Morgan fingerprint density at radius 1 is 1.37 bits per heavy atom. The van der Waals surface area contributed by atoms with E-state index in [1.807, 2.05) is 0 Å². The van der Waals surface area contributed by atoms with Crippen LogP contribution in [0.3, 0.4) is 0 Å². The van der Waals surface area contributed by atoms with Gasteiger partial charge in [0.2, 0.25) is 0 Å². The smallest absolute Gasteiger partial charge is 0.139 e. The first-order valence-corrected chi connectivity index (χ1v) is 10.8. The van der Waals surface area contributed by atoms with Crippen LogP contribution in [-0.4, -0.2) is 24.5 Å². The quantitative estimate of drug-likeness (QED) is 0.598. The lowest BCUT2D eigenvalue weighted by Crippen LogP contribution is -2.22. The third-order valence-electron chi connectivity index (χ3n) is 2.81. The standard InChI is InChI=1S/C13H18BrFN2OSi/c1-19(2,3)5-4-18-9-17-8-10-6-12(15)11(14)7-13(10)16-17/h6-8H,4-5,9H2,1-3H3. The fourth-order valence-electron chi connectivity index (χ4n) is 1.67. The Labute approximate surface area is 121 Å². The van der Waals surface area contributed by atoms with Gasteiger partial charge in [0.15, 0.2) is 0 Å². The van der Waals surface area contributed by atoms with E-state index in [1.54, 1.807) is 16.9 Å². The maximum atomic E-state index is 13.4. The normalized spacial score (nSPS) is 12.3. The minimum absolute atomic E-state index is 0.272. The van der Waals surface area contributed by atoms with Crippen LogP contribution in [0.15, 0.2) is 22.8 Å². The number of nitrogens with zero attached hydrogens (tertiary/aromatic N) is 2. The topological polar surface area (TPSA) is 27.1 Å². The number of halogens is 2. The number of hydrogen-bond donors (Lipinski definition) is 0. The Hall–Kier alpha value is -0.723. The Morgan fingerprint density at radius 2 is 2.11 bits per heavy atom. The molecule has 0 spiro atoms. The Bertz CT molecular complexity index is 541. The molecule has 0 aliphatic heterocycles. The van der Waals surface area contributed by atoms with E-state index in [1.165, 1.54) is 6.07 Å². The molecule has 0 N–H and O–H groups in total. The largest absolute Gasteiger partial charge is 0.360 e. The van der Waals surface area contributed by atoms with Crippen molar-refractivity contribution in [3.05, 3.63) is 28.6 Å². The van der Waals surface area contributed by atoms with Crippen LogP contribution in [0.2, 0.25) is 25.7 Å². The van der Waals surface area contributed by atoms with Gasteiger partial charge in [-0.15, -0.1) is 0 Å². The molecular formula is C13H18BrFN2OSi. The maximum Gasteiger partial charge on any atom is 0.139 e. The highest BCUT2D eigenvalue weighted by atomic mass is 79.9. The number of benzene rings is 1. The molecule has 0 unspecified atom stereocenters. The lowest BCUT2D eigenvalue weighted by molar-refractivity contribution is 0.0791. The van der Waals surface area contributed by atoms with Gasteiger partial charge in [-0.3, -0.25) is 0 Å². The monoisotopic (exact) mass is 344 g/mol. The zero-order valence-corrected chi connectivity index (χ0v) is 14.0. The summed E-state index contributed by atoms with van der Waals surface area (Å²) in [5.74, 6) is -0.272. The summed E-state index contributed by atoms with van der Waals surface area (Å²) in [7, 11) is -1.05. The molecular weight excluding hydrogens is 327 g/mol. The Kier molecular flexibility index (Phi) is 4.42. The molecule has 1 aromatic heterocycles. The van der Waals surface area contributed by atoms with E-state index in [0.29, 0.717) is 11.2 Å². The molecule has 2 aromatic rings. The van der Waals surface area contributed by atoms with E-state index in [9.17, 15) is 4.39 Å². The molecule has 0 radical (unpaired) electrons. The molecule has 104 valence electrons. The lowest BCUT2D eigenvalue weighted by Gasteiger charge is -2.15. The van der Waals surface area contributed by atoms with Gasteiger partial charge in [0.25, 0.3) is 0 Å². The van der Waals surface area contributed by atoms with Crippen molar-refractivity contribution in [3.8, 4) is 0 Å². The summed E-state index contributed by atoms with van der Waals surface area (Å²) >= 11 is 3.16. The summed E-state index contributed by atoms with van der Waals surface area (Å²) in [5.41, 5.74) is 0.766. The van der Waals surface area contributed by atoms with Gasteiger partial charge in [0.1, 0.15) is 12.5 Å². The van der Waals surface area contributed by atoms with Gasteiger partial charge >= 0.3 is 0 Å². The Morgan fingerprint density at radius 3 is 2.79 bits per heavy atom. The van der Waals surface area contributed by atoms with Crippen LogP contribution in [0.4, 0.5) is 4.39 Å². The molecule has 0 bridgehead atoms. The fourth-order valence-corrected chi connectivity index (χ4v) is 2.76. The summed E-state index contributed by atoms with van der Waals surface area (Å²) in [5, 5.41) is 5.14. The molecule has 3 nitrogen and oxygen atoms in total. The molecule has 0 aliphatic rings. The van der Waals surface area contributed by atoms with Crippen LogP contribution >= 0.6 is 15.9 Å². The molecule has 6 heteroatoms. The second-order valence-corrected chi connectivity index (χ2v) is 12.3. The van der Waals surface area contributed by atoms with Crippen LogP contribution in [0, 0.1) is 5.82 Å². The van der Waals surface area contributed by atoms with Crippen molar-refractivity contribution in [2.75, 3.05) is 6.61 Å². The van der Waals surface area contributed by atoms with E-state index in [0.717, 1.165) is 23.6 Å². The second kappa shape index (κ2) is 5.72. The predicted octanol–water partition coefficient (Wildman–Crippen LogP) is 4.25. The van der Waals surface area contributed by atoms with Crippen LogP contribution in [-0.2, 0) is 11.5 Å². The maximum absolute atomic E-state index is 13.4. The molecule has 0 saturated heterocycles. The summed E-state index contributed by atoms with van der Waals surface area (Å²) in [6.07, 6.45) is 1.80. The highest BCUT2D eigenvalue weighted by Crippen LogP contribution is 2.22. The van der Waals surface area contributed by atoms with E-state index in [4.69, 9.17) is 4.74 Å². The van der Waals surface area contributed by atoms with Crippen molar-refractivity contribution in [3.63, 3.8) is 0 Å². The van der Waals surface area contributed by atoms with Gasteiger partial charge in [0, 0.05) is 26.3 Å². The van der Waals surface area contributed by atoms with Gasteiger partial charge in [-0.1, -0.05) is 19.6 Å². The number of hydrogen-bond acceptors (Lipinski definition) is 2. The minimum Gasteiger partial charge on any atom is -0.360 e. The SMILES string of the molecule is C[Si](C)(C)CCOCn1cc2cc(F)c(Br)cc2n1. The molecule has 0 aliphatic carbocycles.